The Bertz CT molecular complexity index is 463. The van der Waals surface area contributed by atoms with Crippen molar-refractivity contribution >= 4 is 11.5 Å². The van der Waals surface area contributed by atoms with Gasteiger partial charge in [-0.2, -0.15) is 0 Å². The van der Waals surface area contributed by atoms with Crippen molar-refractivity contribution in [1.82, 2.24) is 9.80 Å². The molecule has 0 unspecified atom stereocenters. The molecule has 1 saturated heterocycles. The van der Waals surface area contributed by atoms with Crippen LogP contribution in [0.4, 0.5) is 5.69 Å². The lowest BCUT2D eigenvalue weighted by Gasteiger charge is -2.36. The van der Waals surface area contributed by atoms with E-state index in [1.54, 1.807) is 0 Å². The first-order chi connectivity index (χ1) is 10.1. The standard InChI is InChI=1S/C15H25N5O/c1-18(2)7-8-19-9-11-20(12-10-19)14-5-3-13(4-6-14)15(16)17-21/h3-6,21H,7-12H2,1-2H3,(H2,16,17). The average Bonchev–Trinajstić information content (AvgIpc) is 2.53. The van der Waals surface area contributed by atoms with Gasteiger partial charge in [0.05, 0.1) is 0 Å². The summed E-state index contributed by atoms with van der Waals surface area (Å²) in [6.45, 7) is 6.50. The molecule has 0 aromatic heterocycles. The highest BCUT2D eigenvalue weighted by Gasteiger charge is 2.17. The van der Waals surface area contributed by atoms with Gasteiger partial charge in [-0.15, -0.1) is 0 Å². The van der Waals surface area contributed by atoms with E-state index < -0.39 is 0 Å². The van der Waals surface area contributed by atoms with Gasteiger partial charge in [0.2, 0.25) is 0 Å². The molecule has 0 atom stereocenters. The maximum atomic E-state index is 8.67. The normalized spacial score (nSPS) is 17.5. The minimum atomic E-state index is 0.148. The summed E-state index contributed by atoms with van der Waals surface area (Å²) in [7, 11) is 4.22. The number of likely N-dealkylation sites (N-methyl/N-ethyl adjacent to an activating group) is 1. The van der Waals surface area contributed by atoms with Crippen molar-refractivity contribution in [3.05, 3.63) is 29.8 Å². The van der Waals surface area contributed by atoms with E-state index in [1.165, 1.54) is 5.69 Å². The lowest BCUT2D eigenvalue weighted by Crippen LogP contribution is -2.48. The van der Waals surface area contributed by atoms with Crippen LogP contribution in [0.15, 0.2) is 29.4 Å². The van der Waals surface area contributed by atoms with Crippen molar-refractivity contribution < 1.29 is 5.21 Å². The molecule has 1 heterocycles. The third kappa shape index (κ3) is 4.34. The largest absolute Gasteiger partial charge is 0.409 e. The Morgan fingerprint density at radius 2 is 1.81 bits per heavy atom. The third-order valence-corrected chi connectivity index (χ3v) is 3.87. The van der Waals surface area contributed by atoms with Gasteiger partial charge in [0, 0.05) is 50.5 Å². The van der Waals surface area contributed by atoms with Gasteiger partial charge >= 0.3 is 0 Å². The second kappa shape index (κ2) is 7.28. The highest BCUT2D eigenvalue weighted by Crippen LogP contribution is 2.17. The van der Waals surface area contributed by atoms with Crippen LogP contribution in [0.2, 0.25) is 0 Å². The summed E-state index contributed by atoms with van der Waals surface area (Å²) in [6, 6.07) is 7.84. The van der Waals surface area contributed by atoms with Crippen LogP contribution in [-0.4, -0.2) is 74.2 Å². The zero-order valence-electron chi connectivity index (χ0n) is 12.9. The lowest BCUT2D eigenvalue weighted by atomic mass is 10.1. The summed E-state index contributed by atoms with van der Waals surface area (Å²) in [5.74, 6) is 0.148. The van der Waals surface area contributed by atoms with E-state index in [2.05, 4.69) is 34.0 Å². The average molecular weight is 291 g/mol. The molecule has 116 valence electrons. The predicted molar refractivity (Wildman–Crippen MR) is 86.2 cm³/mol. The fraction of sp³-hybridized carbons (Fsp3) is 0.533. The molecular formula is C15H25N5O. The number of nitrogens with zero attached hydrogens (tertiary/aromatic N) is 4. The molecule has 2 rings (SSSR count). The number of benzene rings is 1. The maximum absolute atomic E-state index is 8.67. The van der Waals surface area contributed by atoms with Crippen LogP contribution in [-0.2, 0) is 0 Å². The maximum Gasteiger partial charge on any atom is 0.170 e. The Balaban J connectivity index is 1.87. The van der Waals surface area contributed by atoms with Crippen molar-refractivity contribution in [2.45, 2.75) is 0 Å². The molecule has 0 radical (unpaired) electrons. The Morgan fingerprint density at radius 3 is 2.33 bits per heavy atom. The molecule has 6 heteroatoms. The van der Waals surface area contributed by atoms with Crippen molar-refractivity contribution in [2.24, 2.45) is 10.9 Å². The van der Waals surface area contributed by atoms with Gasteiger partial charge in [-0.05, 0) is 38.4 Å². The number of rotatable bonds is 5. The van der Waals surface area contributed by atoms with Crippen molar-refractivity contribution in [2.75, 3.05) is 58.3 Å². The van der Waals surface area contributed by atoms with E-state index in [1.807, 2.05) is 24.3 Å². The van der Waals surface area contributed by atoms with E-state index in [9.17, 15) is 0 Å². The number of hydrogen-bond donors (Lipinski definition) is 2. The summed E-state index contributed by atoms with van der Waals surface area (Å²) in [5, 5.41) is 11.7. The van der Waals surface area contributed by atoms with E-state index >= 15 is 0 Å². The van der Waals surface area contributed by atoms with Crippen molar-refractivity contribution in [1.29, 1.82) is 0 Å². The highest BCUT2D eigenvalue weighted by atomic mass is 16.4. The van der Waals surface area contributed by atoms with Crippen LogP contribution < -0.4 is 10.6 Å². The molecule has 1 aromatic carbocycles. The zero-order valence-corrected chi connectivity index (χ0v) is 12.9. The molecule has 1 aliphatic heterocycles. The Morgan fingerprint density at radius 1 is 1.19 bits per heavy atom. The molecule has 0 spiro atoms. The molecule has 0 bridgehead atoms. The summed E-state index contributed by atoms with van der Waals surface area (Å²) >= 11 is 0. The molecule has 1 fully saturated rings. The monoisotopic (exact) mass is 291 g/mol. The first-order valence-electron chi connectivity index (χ1n) is 7.30. The van der Waals surface area contributed by atoms with E-state index in [-0.39, 0.29) is 5.84 Å². The van der Waals surface area contributed by atoms with Gasteiger partial charge in [-0.25, -0.2) is 0 Å². The van der Waals surface area contributed by atoms with Crippen molar-refractivity contribution in [3.8, 4) is 0 Å². The highest BCUT2D eigenvalue weighted by molar-refractivity contribution is 5.97. The Labute approximate surface area is 126 Å². The summed E-state index contributed by atoms with van der Waals surface area (Å²) < 4.78 is 0. The SMILES string of the molecule is CN(C)CCN1CCN(c2ccc(C(N)=NO)cc2)CC1. The van der Waals surface area contributed by atoms with Crippen molar-refractivity contribution in [3.63, 3.8) is 0 Å². The second-order valence-electron chi connectivity index (χ2n) is 5.66. The van der Waals surface area contributed by atoms with E-state index in [0.29, 0.717) is 0 Å². The smallest absolute Gasteiger partial charge is 0.170 e. The van der Waals surface area contributed by atoms with Crippen LogP contribution in [0.5, 0.6) is 0 Å². The molecule has 0 amide bonds. The Kier molecular flexibility index (Phi) is 5.41. The quantitative estimate of drug-likeness (QED) is 0.357. The van der Waals surface area contributed by atoms with Crippen LogP contribution in [0.3, 0.4) is 0 Å². The minimum Gasteiger partial charge on any atom is -0.409 e. The fourth-order valence-electron chi connectivity index (χ4n) is 2.47. The Hall–Kier alpha value is -1.79. The van der Waals surface area contributed by atoms with Gasteiger partial charge in [-0.1, -0.05) is 5.16 Å². The van der Waals surface area contributed by atoms with E-state index in [4.69, 9.17) is 10.9 Å². The summed E-state index contributed by atoms with van der Waals surface area (Å²) in [6.07, 6.45) is 0. The first-order valence-corrected chi connectivity index (χ1v) is 7.30. The molecule has 1 aromatic rings. The number of amidine groups is 1. The molecule has 21 heavy (non-hydrogen) atoms. The molecule has 0 aliphatic carbocycles. The van der Waals surface area contributed by atoms with Gasteiger partial charge < -0.3 is 20.7 Å². The van der Waals surface area contributed by atoms with Gasteiger partial charge in [0.15, 0.2) is 5.84 Å². The third-order valence-electron chi connectivity index (χ3n) is 3.87. The predicted octanol–water partition coefficient (Wildman–Crippen LogP) is 0.465. The number of hydrogen-bond acceptors (Lipinski definition) is 5. The van der Waals surface area contributed by atoms with Gasteiger partial charge in [0.25, 0.3) is 0 Å². The minimum absolute atomic E-state index is 0.148. The number of oxime groups is 1. The first kappa shape index (κ1) is 15.6. The van der Waals surface area contributed by atoms with Crippen LogP contribution >= 0.6 is 0 Å². The second-order valence-corrected chi connectivity index (χ2v) is 5.66. The molecule has 0 saturated carbocycles. The summed E-state index contributed by atoms with van der Waals surface area (Å²) in [4.78, 5) is 7.10. The van der Waals surface area contributed by atoms with Crippen LogP contribution in [0, 0.1) is 0 Å². The van der Waals surface area contributed by atoms with Crippen LogP contribution in [0.25, 0.3) is 0 Å². The summed E-state index contributed by atoms with van der Waals surface area (Å²) in [5.41, 5.74) is 7.51. The number of anilines is 1. The zero-order chi connectivity index (χ0) is 15.2. The molecule has 1 aliphatic rings. The number of nitrogens with two attached hydrogens (primary N) is 1. The topological polar surface area (TPSA) is 68.3 Å². The van der Waals surface area contributed by atoms with E-state index in [0.717, 1.165) is 44.8 Å². The van der Waals surface area contributed by atoms with Gasteiger partial charge in [0.1, 0.15) is 0 Å². The lowest BCUT2D eigenvalue weighted by molar-refractivity contribution is 0.229. The van der Waals surface area contributed by atoms with Crippen LogP contribution in [0.1, 0.15) is 5.56 Å². The van der Waals surface area contributed by atoms with Gasteiger partial charge in [-0.3, -0.25) is 4.90 Å². The fourth-order valence-corrected chi connectivity index (χ4v) is 2.47. The number of piperazine rings is 1. The molecule has 6 nitrogen and oxygen atoms in total. The molecular weight excluding hydrogens is 266 g/mol. The molecule has 3 N–H and O–H groups in total.